The van der Waals surface area contributed by atoms with E-state index in [0.29, 0.717) is 11.3 Å². The molecule has 16 heavy (non-hydrogen) atoms. The lowest BCUT2D eigenvalue weighted by Gasteiger charge is -2.04. The van der Waals surface area contributed by atoms with Crippen LogP contribution in [0.25, 0.3) is 0 Å². The molecule has 1 aromatic heterocycles. The Morgan fingerprint density at radius 3 is 2.81 bits per heavy atom. The van der Waals surface area contributed by atoms with Crippen molar-refractivity contribution in [1.82, 2.24) is 0 Å². The Bertz CT molecular complexity index is 532. The van der Waals surface area contributed by atoms with Crippen LogP contribution in [0.5, 0.6) is 0 Å². The molecule has 0 aliphatic rings. The van der Waals surface area contributed by atoms with Crippen LogP contribution in [0.15, 0.2) is 34.9 Å². The Labute approximate surface area is 91.7 Å². The number of carbonyl (C=O) groups excluding carboxylic acids is 1. The minimum absolute atomic E-state index is 0.0625. The predicted octanol–water partition coefficient (Wildman–Crippen LogP) is 2.54. The summed E-state index contributed by atoms with van der Waals surface area (Å²) < 4.78 is 18.6. The van der Waals surface area contributed by atoms with E-state index in [1.165, 1.54) is 24.5 Å². The van der Waals surface area contributed by atoms with Gasteiger partial charge in [-0.05, 0) is 36.8 Å². The number of aryl methyl sites for hydroxylation is 1. The molecule has 0 saturated carbocycles. The van der Waals surface area contributed by atoms with Crippen LogP contribution in [0.4, 0.5) is 10.1 Å². The summed E-state index contributed by atoms with van der Waals surface area (Å²) in [6.45, 7) is 1.56. The Morgan fingerprint density at radius 2 is 2.19 bits per heavy atom. The molecule has 0 unspecified atom stereocenters. The number of hydrogen-bond donors (Lipinski definition) is 1. The quantitative estimate of drug-likeness (QED) is 0.623. The maximum Gasteiger partial charge on any atom is 0.231 e. The normalized spacial score (nSPS) is 10.4. The summed E-state index contributed by atoms with van der Waals surface area (Å²) in [7, 11) is 0. The molecule has 0 atom stereocenters. The third-order valence-corrected chi connectivity index (χ3v) is 2.27. The first-order valence-electron chi connectivity index (χ1n) is 4.73. The van der Waals surface area contributed by atoms with Crippen LogP contribution < -0.4 is 5.73 Å². The topological polar surface area (TPSA) is 56.2 Å². The summed E-state index contributed by atoms with van der Waals surface area (Å²) in [5.74, 6) is -0.961. The molecule has 0 aliphatic heterocycles. The van der Waals surface area contributed by atoms with Crippen molar-refractivity contribution < 1.29 is 13.6 Å². The number of furan rings is 1. The van der Waals surface area contributed by atoms with E-state index in [0.717, 1.165) is 0 Å². The lowest BCUT2D eigenvalue weighted by atomic mass is 10.0. The van der Waals surface area contributed by atoms with E-state index in [1.54, 1.807) is 13.0 Å². The molecule has 2 aromatic rings. The van der Waals surface area contributed by atoms with Crippen LogP contribution in [-0.4, -0.2) is 5.78 Å². The summed E-state index contributed by atoms with van der Waals surface area (Å²) >= 11 is 0. The molecule has 0 radical (unpaired) electrons. The van der Waals surface area contributed by atoms with E-state index in [4.69, 9.17) is 10.2 Å². The second kappa shape index (κ2) is 3.81. The Kier molecular flexibility index (Phi) is 2.48. The number of halogens is 1. The van der Waals surface area contributed by atoms with Crippen LogP contribution in [0, 0.1) is 12.7 Å². The van der Waals surface area contributed by atoms with Gasteiger partial charge in [-0.25, -0.2) is 4.39 Å². The molecule has 2 rings (SSSR count). The molecule has 82 valence electrons. The first kappa shape index (κ1) is 10.4. The van der Waals surface area contributed by atoms with Gasteiger partial charge in [0.05, 0.1) is 11.8 Å². The van der Waals surface area contributed by atoms with Gasteiger partial charge in [0.25, 0.3) is 0 Å². The Morgan fingerprint density at radius 1 is 1.44 bits per heavy atom. The molecule has 0 saturated heterocycles. The Hall–Kier alpha value is -2.10. The predicted molar refractivity (Wildman–Crippen MR) is 57.7 cm³/mol. The third-order valence-electron chi connectivity index (χ3n) is 2.27. The molecule has 0 spiro atoms. The summed E-state index contributed by atoms with van der Waals surface area (Å²) in [4.78, 5) is 11.8. The van der Waals surface area contributed by atoms with Crippen LogP contribution >= 0.6 is 0 Å². The molecular formula is C12H10FNO2. The zero-order chi connectivity index (χ0) is 11.7. The SMILES string of the molecule is Cc1cc(N)cc(C(=O)c2ccco2)c1F. The number of nitrogen functional groups attached to an aromatic ring is 1. The lowest BCUT2D eigenvalue weighted by molar-refractivity contribution is 0.100. The fourth-order valence-corrected chi connectivity index (χ4v) is 1.50. The molecular weight excluding hydrogens is 209 g/mol. The molecule has 0 amide bonds. The van der Waals surface area contributed by atoms with Gasteiger partial charge in [-0.1, -0.05) is 0 Å². The molecule has 0 aliphatic carbocycles. The largest absolute Gasteiger partial charge is 0.461 e. The van der Waals surface area contributed by atoms with E-state index in [2.05, 4.69) is 0 Å². The fourth-order valence-electron chi connectivity index (χ4n) is 1.50. The number of rotatable bonds is 2. The molecule has 1 heterocycles. The highest BCUT2D eigenvalue weighted by Gasteiger charge is 2.18. The minimum atomic E-state index is -0.560. The van der Waals surface area contributed by atoms with Crippen molar-refractivity contribution in [3.8, 4) is 0 Å². The molecule has 4 heteroatoms. The van der Waals surface area contributed by atoms with E-state index in [9.17, 15) is 9.18 Å². The maximum absolute atomic E-state index is 13.7. The van der Waals surface area contributed by atoms with Crippen molar-refractivity contribution in [2.24, 2.45) is 0 Å². The van der Waals surface area contributed by atoms with E-state index in [1.807, 2.05) is 0 Å². The number of nitrogens with two attached hydrogens (primary N) is 1. The monoisotopic (exact) mass is 219 g/mol. The van der Waals surface area contributed by atoms with Crippen molar-refractivity contribution in [2.75, 3.05) is 5.73 Å². The summed E-state index contributed by atoms with van der Waals surface area (Å²) in [5.41, 5.74) is 6.21. The highest BCUT2D eigenvalue weighted by atomic mass is 19.1. The lowest BCUT2D eigenvalue weighted by Crippen LogP contribution is -2.05. The van der Waals surface area contributed by atoms with Gasteiger partial charge in [-0.2, -0.15) is 0 Å². The highest BCUT2D eigenvalue weighted by Crippen LogP contribution is 2.20. The van der Waals surface area contributed by atoms with Crippen molar-refractivity contribution >= 4 is 11.5 Å². The van der Waals surface area contributed by atoms with E-state index in [-0.39, 0.29) is 11.3 Å². The van der Waals surface area contributed by atoms with Crippen LogP contribution in [0.1, 0.15) is 21.7 Å². The van der Waals surface area contributed by atoms with Gasteiger partial charge >= 0.3 is 0 Å². The molecule has 0 bridgehead atoms. The van der Waals surface area contributed by atoms with Crippen LogP contribution in [0.2, 0.25) is 0 Å². The van der Waals surface area contributed by atoms with Gasteiger partial charge in [0, 0.05) is 5.69 Å². The van der Waals surface area contributed by atoms with Crippen molar-refractivity contribution in [3.05, 3.63) is 53.2 Å². The second-order valence-electron chi connectivity index (χ2n) is 3.51. The van der Waals surface area contributed by atoms with Gasteiger partial charge in [0.2, 0.25) is 5.78 Å². The van der Waals surface area contributed by atoms with Crippen molar-refractivity contribution in [1.29, 1.82) is 0 Å². The highest BCUT2D eigenvalue weighted by molar-refractivity contribution is 6.07. The smallest absolute Gasteiger partial charge is 0.231 e. The first-order valence-corrected chi connectivity index (χ1v) is 4.73. The van der Waals surface area contributed by atoms with E-state index >= 15 is 0 Å². The third kappa shape index (κ3) is 1.69. The van der Waals surface area contributed by atoms with Gasteiger partial charge in [-0.3, -0.25) is 4.79 Å². The van der Waals surface area contributed by atoms with Gasteiger partial charge < -0.3 is 10.2 Å². The summed E-state index contributed by atoms with van der Waals surface area (Å²) in [6, 6.07) is 5.85. The number of carbonyl (C=O) groups is 1. The van der Waals surface area contributed by atoms with E-state index < -0.39 is 11.6 Å². The average Bonchev–Trinajstić information content (AvgIpc) is 2.75. The number of benzene rings is 1. The number of ketones is 1. The molecule has 2 N–H and O–H groups in total. The van der Waals surface area contributed by atoms with Crippen molar-refractivity contribution in [2.45, 2.75) is 6.92 Å². The second-order valence-corrected chi connectivity index (χ2v) is 3.51. The van der Waals surface area contributed by atoms with Crippen LogP contribution in [-0.2, 0) is 0 Å². The summed E-state index contributed by atoms with van der Waals surface area (Å²) in [5, 5.41) is 0. The van der Waals surface area contributed by atoms with Crippen molar-refractivity contribution in [3.63, 3.8) is 0 Å². The van der Waals surface area contributed by atoms with Gasteiger partial charge in [-0.15, -0.1) is 0 Å². The molecule has 3 nitrogen and oxygen atoms in total. The standard InChI is InChI=1S/C12H10FNO2/c1-7-5-8(14)6-9(11(7)13)12(15)10-3-2-4-16-10/h2-6H,14H2,1H3. The fraction of sp³-hybridized carbons (Fsp3) is 0.0833. The molecule has 0 fully saturated rings. The molecule has 1 aromatic carbocycles. The minimum Gasteiger partial charge on any atom is -0.461 e. The van der Waals surface area contributed by atoms with Gasteiger partial charge in [0.15, 0.2) is 5.76 Å². The average molecular weight is 219 g/mol. The summed E-state index contributed by atoms with van der Waals surface area (Å²) in [6.07, 6.45) is 1.37. The maximum atomic E-state index is 13.7. The zero-order valence-electron chi connectivity index (χ0n) is 8.66. The van der Waals surface area contributed by atoms with Gasteiger partial charge in [0.1, 0.15) is 5.82 Å². The zero-order valence-corrected chi connectivity index (χ0v) is 8.66. The first-order chi connectivity index (χ1) is 7.59. The Balaban J connectivity index is 2.52. The van der Waals surface area contributed by atoms with Crippen LogP contribution in [0.3, 0.4) is 0 Å². The number of hydrogen-bond acceptors (Lipinski definition) is 3. The number of anilines is 1.